The minimum absolute atomic E-state index is 0. The number of aliphatic hydroxyl groups excluding tert-OH is 1. The third kappa shape index (κ3) is 12.5. The van der Waals surface area contributed by atoms with E-state index in [9.17, 15) is 19.6 Å². The van der Waals surface area contributed by atoms with Gasteiger partial charge in [0.2, 0.25) is 0 Å². The first-order valence-electron chi connectivity index (χ1n) is 8.70. The molecule has 10 heteroatoms. The van der Waals surface area contributed by atoms with Crippen molar-refractivity contribution in [2.45, 2.75) is 50.6 Å². The summed E-state index contributed by atoms with van der Waals surface area (Å²) in [6.07, 6.45) is 12.6. The van der Waals surface area contributed by atoms with Crippen molar-refractivity contribution in [3.63, 3.8) is 0 Å². The summed E-state index contributed by atoms with van der Waals surface area (Å²) >= 11 is 0. The molecule has 29 heavy (non-hydrogen) atoms. The maximum Gasteiger partial charge on any atom is 1.00 e. The number of hydrogen-bond acceptors (Lipinski definition) is 6. The van der Waals surface area contributed by atoms with Crippen molar-refractivity contribution in [3.8, 4) is 0 Å². The maximum atomic E-state index is 11.3. The largest absolute Gasteiger partial charge is 1.00 e. The second-order valence-electron chi connectivity index (χ2n) is 6.38. The van der Waals surface area contributed by atoms with Crippen molar-refractivity contribution < 1.29 is 68.2 Å². The molecule has 4 atom stereocenters. The molecule has 0 radical (unpaired) electrons. The summed E-state index contributed by atoms with van der Waals surface area (Å²) in [4.78, 5) is 29.5. The fourth-order valence-electron chi connectivity index (χ4n) is 2.35. The van der Waals surface area contributed by atoms with Crippen LogP contribution >= 0.6 is 7.82 Å². The first kappa shape index (κ1) is 28.2. The van der Waals surface area contributed by atoms with Gasteiger partial charge in [0, 0.05) is 18.9 Å². The number of aliphatic hydroxyl groups is 2. The molecule has 156 valence electrons. The first-order chi connectivity index (χ1) is 13.0. The quantitative estimate of drug-likeness (QED) is 0.113. The Balaban J connectivity index is 0.00000784. The summed E-state index contributed by atoms with van der Waals surface area (Å²) in [7, 11) is -4.93. The predicted octanol–water partition coefficient (Wildman–Crippen LogP) is -0.913. The van der Waals surface area contributed by atoms with Crippen LogP contribution in [0.4, 0.5) is 0 Å². The van der Waals surface area contributed by atoms with Crippen molar-refractivity contribution in [2.24, 2.45) is 0 Å². The number of phosphoric ester groups is 1. The number of allylic oxidation sites excluding steroid dienone is 5. The van der Waals surface area contributed by atoms with Crippen molar-refractivity contribution in [1.29, 1.82) is 0 Å². The van der Waals surface area contributed by atoms with Gasteiger partial charge < -0.3 is 24.7 Å². The van der Waals surface area contributed by atoms with Gasteiger partial charge in [0.05, 0.1) is 6.10 Å². The molecule has 1 heterocycles. The Morgan fingerprint density at radius 3 is 2.59 bits per heavy atom. The van der Waals surface area contributed by atoms with E-state index in [0.717, 1.165) is 0 Å². The van der Waals surface area contributed by atoms with Crippen LogP contribution in [0.3, 0.4) is 0 Å². The summed E-state index contributed by atoms with van der Waals surface area (Å²) < 4.78 is 21.0. The third-order valence-corrected chi connectivity index (χ3v) is 4.30. The number of carbonyl (C=O) groups excluding carboxylic acids is 1. The Bertz CT molecular complexity index is 705. The number of carbonyl (C=O) groups is 1. The smallest absolute Gasteiger partial charge is 0.455 e. The van der Waals surface area contributed by atoms with Gasteiger partial charge in [0.25, 0.3) is 0 Å². The molecule has 0 aromatic rings. The first-order valence-corrected chi connectivity index (χ1v) is 10.2. The normalized spacial score (nSPS) is 22.1. The van der Waals surface area contributed by atoms with Crippen molar-refractivity contribution in [2.75, 3.05) is 0 Å². The van der Waals surface area contributed by atoms with Gasteiger partial charge >= 0.3 is 43.3 Å². The minimum atomic E-state index is -4.93. The molecule has 1 aliphatic heterocycles. The Kier molecular flexibility index (Phi) is 13.1. The van der Waals surface area contributed by atoms with Gasteiger partial charge in [-0.3, -0.25) is 4.52 Å². The zero-order valence-corrected chi connectivity index (χ0v) is 19.7. The average Bonchev–Trinajstić information content (AvgIpc) is 2.58. The van der Waals surface area contributed by atoms with Crippen LogP contribution in [0.2, 0.25) is 0 Å². The number of cyclic esters (lactones) is 1. The van der Waals surface area contributed by atoms with Gasteiger partial charge in [-0.15, -0.1) is 0 Å². The maximum absolute atomic E-state index is 11.3. The van der Waals surface area contributed by atoms with Crippen LogP contribution in [-0.4, -0.2) is 49.9 Å². The van der Waals surface area contributed by atoms with Crippen LogP contribution in [0.15, 0.2) is 60.8 Å². The molecule has 0 saturated carbocycles. The van der Waals surface area contributed by atoms with Crippen molar-refractivity contribution in [1.82, 2.24) is 0 Å². The third-order valence-electron chi connectivity index (χ3n) is 3.77. The molecule has 0 fully saturated rings. The molecule has 4 unspecified atom stereocenters. The van der Waals surface area contributed by atoms with Crippen LogP contribution in [0.1, 0.15) is 26.7 Å². The van der Waals surface area contributed by atoms with E-state index < -0.39 is 37.7 Å². The molecule has 0 aliphatic carbocycles. The Morgan fingerprint density at radius 1 is 1.34 bits per heavy atom. The SMILES string of the molecule is C/C=C/C=C/C=C/C(O)CC(OP(=O)(O)O)C(C)(O)/C=C/C1CC=CC(=O)O1.[Na+]. The molecule has 1 rings (SSSR count). The summed E-state index contributed by atoms with van der Waals surface area (Å²) in [5.41, 5.74) is -1.84. The van der Waals surface area contributed by atoms with E-state index in [1.807, 2.05) is 13.0 Å². The molecule has 1 aliphatic rings. The van der Waals surface area contributed by atoms with Crippen molar-refractivity contribution >= 4 is 13.8 Å². The van der Waals surface area contributed by atoms with Crippen LogP contribution < -0.4 is 29.6 Å². The van der Waals surface area contributed by atoms with Gasteiger partial charge in [-0.2, -0.15) is 0 Å². The fourth-order valence-corrected chi connectivity index (χ4v) is 2.98. The molecular formula is C19H27NaO8P+. The van der Waals surface area contributed by atoms with Gasteiger partial charge in [-0.25, -0.2) is 9.36 Å². The van der Waals surface area contributed by atoms with Crippen LogP contribution in [0.5, 0.6) is 0 Å². The van der Waals surface area contributed by atoms with Crippen LogP contribution in [0, 0.1) is 0 Å². The summed E-state index contributed by atoms with van der Waals surface area (Å²) in [5, 5.41) is 20.8. The van der Waals surface area contributed by atoms with Gasteiger partial charge in [0.15, 0.2) is 0 Å². The van der Waals surface area contributed by atoms with E-state index in [4.69, 9.17) is 19.0 Å². The number of hydrogen-bond donors (Lipinski definition) is 4. The van der Waals surface area contributed by atoms with Gasteiger partial charge in [-0.1, -0.05) is 48.6 Å². The standard InChI is InChI=1S/C19H27O8P.Na/c1-3-4-5-6-7-9-15(20)14-17(27-28(23,24)25)19(2,22)13-12-16-10-8-11-18(21)26-16;/h3-9,11-13,15-17,20,22H,10,14H2,1-2H3,(H2,23,24,25);/q;+1/b4-3+,6-5+,9-7+,13-12+;. The number of phosphoric acid groups is 1. The summed E-state index contributed by atoms with van der Waals surface area (Å²) in [5.74, 6) is -0.518. The Hall–Kier alpha value is -0.800. The monoisotopic (exact) mass is 437 g/mol. The van der Waals surface area contributed by atoms with Crippen LogP contribution in [-0.2, 0) is 18.6 Å². The molecule has 0 aromatic carbocycles. The van der Waals surface area contributed by atoms with E-state index in [1.54, 1.807) is 30.4 Å². The molecule has 0 bridgehead atoms. The van der Waals surface area contributed by atoms with Gasteiger partial charge in [0.1, 0.15) is 17.8 Å². The predicted molar refractivity (Wildman–Crippen MR) is 104 cm³/mol. The number of ether oxygens (including phenoxy) is 1. The molecular weight excluding hydrogens is 410 g/mol. The molecule has 8 nitrogen and oxygen atoms in total. The average molecular weight is 437 g/mol. The molecule has 0 amide bonds. The van der Waals surface area contributed by atoms with E-state index in [0.29, 0.717) is 6.42 Å². The summed E-state index contributed by atoms with van der Waals surface area (Å²) in [6, 6.07) is 0. The Morgan fingerprint density at radius 2 is 2.00 bits per heavy atom. The molecule has 0 saturated heterocycles. The van der Waals surface area contributed by atoms with Gasteiger partial charge in [-0.05, 0) is 19.9 Å². The summed E-state index contributed by atoms with van der Waals surface area (Å²) in [6.45, 7) is 3.14. The van der Waals surface area contributed by atoms with E-state index in [2.05, 4.69) is 0 Å². The molecule has 4 N–H and O–H groups in total. The van der Waals surface area contributed by atoms with Crippen molar-refractivity contribution in [3.05, 3.63) is 60.8 Å². The second kappa shape index (κ2) is 13.5. The number of rotatable bonds is 10. The zero-order chi connectivity index (χ0) is 21.2. The zero-order valence-electron chi connectivity index (χ0n) is 16.8. The topological polar surface area (TPSA) is 134 Å². The van der Waals surface area contributed by atoms with E-state index in [1.165, 1.54) is 31.2 Å². The minimum Gasteiger partial charge on any atom is -0.455 e. The van der Waals surface area contributed by atoms with Crippen LogP contribution in [0.25, 0.3) is 0 Å². The molecule has 0 spiro atoms. The number of esters is 1. The molecule has 0 aromatic heterocycles. The Labute approximate surface area is 192 Å². The van der Waals surface area contributed by atoms with E-state index in [-0.39, 0.29) is 36.0 Å². The second-order valence-corrected chi connectivity index (χ2v) is 7.57. The fraction of sp³-hybridized carbons (Fsp3) is 0.421. The van der Waals surface area contributed by atoms with E-state index >= 15 is 0 Å².